The molecule has 2 nitrogen and oxygen atoms in total. The van der Waals surface area contributed by atoms with Crippen LogP contribution in [0, 0.1) is 0 Å². The van der Waals surface area contributed by atoms with Crippen molar-refractivity contribution in [3.05, 3.63) is 70.2 Å². The maximum Gasteiger partial charge on any atom is 0.416 e. The summed E-state index contributed by atoms with van der Waals surface area (Å²) in [6.45, 7) is 0.0737. The molecule has 0 saturated carbocycles. The van der Waals surface area contributed by atoms with Gasteiger partial charge in [-0.05, 0) is 35.4 Å². The number of nitrogens with one attached hydrogen (secondary N) is 1. The topological polar surface area (TPSA) is 29.1 Å². The summed E-state index contributed by atoms with van der Waals surface area (Å²) < 4.78 is 37.9. The monoisotopic (exact) mass is 373 g/mol. The largest absolute Gasteiger partial charge is 0.416 e. The molecule has 2 rings (SSSR count). The molecule has 2 aromatic rings. The number of hydrogen-bond donors (Lipinski definition) is 1. The SMILES string of the molecule is O=C(CSCc1ccc(Cl)cc1)NCc1cccc(C(F)(F)F)c1. The van der Waals surface area contributed by atoms with Gasteiger partial charge in [0.05, 0.1) is 11.3 Å². The number of halogens is 4. The zero-order valence-electron chi connectivity index (χ0n) is 12.6. The second-order valence-electron chi connectivity index (χ2n) is 5.09. The number of hydrogen-bond acceptors (Lipinski definition) is 2. The predicted molar refractivity (Wildman–Crippen MR) is 90.9 cm³/mol. The molecule has 2 aromatic carbocycles. The number of carbonyl (C=O) groups is 1. The summed E-state index contributed by atoms with van der Waals surface area (Å²) in [5.41, 5.74) is 0.752. The third kappa shape index (κ3) is 6.09. The normalized spacial score (nSPS) is 11.3. The van der Waals surface area contributed by atoms with E-state index in [0.717, 1.165) is 17.7 Å². The summed E-state index contributed by atoms with van der Waals surface area (Å²) in [5, 5.41) is 3.28. The Morgan fingerprint density at radius 3 is 2.46 bits per heavy atom. The average Bonchev–Trinajstić information content (AvgIpc) is 2.54. The summed E-state index contributed by atoms with van der Waals surface area (Å²) >= 11 is 7.22. The van der Waals surface area contributed by atoms with Crippen LogP contribution in [0.4, 0.5) is 13.2 Å². The molecule has 0 unspecified atom stereocenters. The molecule has 0 heterocycles. The lowest BCUT2D eigenvalue weighted by molar-refractivity contribution is -0.137. The van der Waals surface area contributed by atoms with Gasteiger partial charge in [-0.1, -0.05) is 35.9 Å². The van der Waals surface area contributed by atoms with E-state index in [9.17, 15) is 18.0 Å². The molecule has 1 amide bonds. The number of benzene rings is 2. The predicted octanol–water partition coefficient (Wildman–Crippen LogP) is 4.91. The van der Waals surface area contributed by atoms with Gasteiger partial charge in [0, 0.05) is 17.3 Å². The van der Waals surface area contributed by atoms with Crippen LogP contribution in [0.3, 0.4) is 0 Å². The Hall–Kier alpha value is -1.66. The van der Waals surface area contributed by atoms with Crippen LogP contribution >= 0.6 is 23.4 Å². The molecule has 0 saturated heterocycles. The third-order valence-corrected chi connectivity index (χ3v) is 4.41. The first-order valence-electron chi connectivity index (χ1n) is 7.09. The molecule has 0 aliphatic rings. The van der Waals surface area contributed by atoms with Crippen LogP contribution in [0.5, 0.6) is 0 Å². The molecule has 7 heteroatoms. The van der Waals surface area contributed by atoms with E-state index in [1.165, 1.54) is 17.8 Å². The van der Waals surface area contributed by atoms with Crippen molar-refractivity contribution in [2.75, 3.05) is 5.75 Å². The standard InChI is InChI=1S/C17H15ClF3NOS/c18-15-6-4-12(5-7-15)10-24-11-16(23)22-9-13-2-1-3-14(8-13)17(19,20)21/h1-8H,9-11H2,(H,22,23). The molecule has 24 heavy (non-hydrogen) atoms. The van der Waals surface area contributed by atoms with Gasteiger partial charge in [0.25, 0.3) is 0 Å². The Kier molecular flexibility index (Phi) is 6.57. The van der Waals surface area contributed by atoms with Crippen LogP contribution < -0.4 is 5.32 Å². The van der Waals surface area contributed by atoms with Crippen LogP contribution in [0.25, 0.3) is 0 Å². The van der Waals surface area contributed by atoms with Gasteiger partial charge in [0.1, 0.15) is 0 Å². The molecule has 0 aliphatic carbocycles. The van der Waals surface area contributed by atoms with Crippen molar-refractivity contribution >= 4 is 29.3 Å². The first-order chi connectivity index (χ1) is 11.3. The van der Waals surface area contributed by atoms with Crippen LogP contribution in [0.1, 0.15) is 16.7 Å². The summed E-state index contributed by atoms with van der Waals surface area (Å²) in [4.78, 5) is 11.8. The third-order valence-electron chi connectivity index (χ3n) is 3.16. The second kappa shape index (κ2) is 8.44. The Bertz CT molecular complexity index is 689. The molecule has 0 spiro atoms. The maximum absolute atomic E-state index is 12.6. The highest BCUT2D eigenvalue weighted by molar-refractivity contribution is 7.99. The van der Waals surface area contributed by atoms with E-state index in [1.54, 1.807) is 18.2 Å². The average molecular weight is 374 g/mol. The van der Waals surface area contributed by atoms with Crippen molar-refractivity contribution < 1.29 is 18.0 Å². The molecule has 1 N–H and O–H groups in total. The zero-order chi connectivity index (χ0) is 17.6. The summed E-state index contributed by atoms with van der Waals surface area (Å²) in [6.07, 6.45) is -4.38. The lowest BCUT2D eigenvalue weighted by atomic mass is 10.1. The van der Waals surface area contributed by atoms with Gasteiger partial charge in [0.15, 0.2) is 0 Å². The minimum Gasteiger partial charge on any atom is -0.351 e. The molecule has 0 aliphatic heterocycles. The highest BCUT2D eigenvalue weighted by atomic mass is 35.5. The number of rotatable bonds is 6. The van der Waals surface area contributed by atoms with Crippen molar-refractivity contribution in [2.24, 2.45) is 0 Å². The fourth-order valence-corrected chi connectivity index (χ4v) is 2.90. The fourth-order valence-electron chi connectivity index (χ4n) is 1.95. The molecule has 0 bridgehead atoms. The molecular weight excluding hydrogens is 359 g/mol. The highest BCUT2D eigenvalue weighted by Gasteiger charge is 2.30. The molecular formula is C17H15ClF3NOS. The van der Waals surface area contributed by atoms with E-state index in [1.807, 2.05) is 12.1 Å². The van der Waals surface area contributed by atoms with E-state index < -0.39 is 11.7 Å². The molecule has 0 atom stereocenters. The van der Waals surface area contributed by atoms with E-state index in [4.69, 9.17) is 11.6 Å². The second-order valence-corrected chi connectivity index (χ2v) is 6.52. The maximum atomic E-state index is 12.6. The van der Waals surface area contributed by atoms with Gasteiger partial charge >= 0.3 is 6.18 Å². The fraction of sp³-hybridized carbons (Fsp3) is 0.235. The smallest absolute Gasteiger partial charge is 0.351 e. The Morgan fingerprint density at radius 1 is 1.08 bits per heavy atom. The molecule has 0 fully saturated rings. The summed E-state index contributed by atoms with van der Waals surface area (Å²) in [5.74, 6) is 0.682. The number of alkyl halides is 3. The minimum absolute atomic E-state index is 0.0737. The van der Waals surface area contributed by atoms with Crippen molar-refractivity contribution in [3.63, 3.8) is 0 Å². The van der Waals surface area contributed by atoms with Crippen molar-refractivity contribution in [2.45, 2.75) is 18.5 Å². The van der Waals surface area contributed by atoms with Crippen LogP contribution in [-0.2, 0) is 23.3 Å². The minimum atomic E-state index is -4.38. The van der Waals surface area contributed by atoms with Crippen molar-refractivity contribution in [1.29, 1.82) is 0 Å². The Labute approximate surface area is 147 Å². The number of thioether (sulfide) groups is 1. The van der Waals surface area contributed by atoms with E-state index in [2.05, 4.69) is 5.32 Å². The first-order valence-corrected chi connectivity index (χ1v) is 8.63. The number of carbonyl (C=O) groups excluding carboxylic acids is 1. The quantitative estimate of drug-likeness (QED) is 0.779. The van der Waals surface area contributed by atoms with Gasteiger partial charge in [-0.3, -0.25) is 4.79 Å². The van der Waals surface area contributed by atoms with Gasteiger partial charge in [-0.25, -0.2) is 0 Å². The van der Waals surface area contributed by atoms with Crippen molar-refractivity contribution in [3.8, 4) is 0 Å². The molecule has 128 valence electrons. The van der Waals surface area contributed by atoms with Crippen molar-refractivity contribution in [1.82, 2.24) is 5.32 Å². The lowest BCUT2D eigenvalue weighted by Crippen LogP contribution is -2.24. The Balaban J connectivity index is 1.76. The summed E-state index contributed by atoms with van der Waals surface area (Å²) in [7, 11) is 0. The van der Waals surface area contributed by atoms with Gasteiger partial charge in [-0.15, -0.1) is 11.8 Å². The highest BCUT2D eigenvalue weighted by Crippen LogP contribution is 2.29. The van der Waals surface area contributed by atoms with Crippen LogP contribution in [-0.4, -0.2) is 11.7 Å². The van der Waals surface area contributed by atoms with Gasteiger partial charge < -0.3 is 5.32 Å². The van der Waals surface area contributed by atoms with E-state index in [-0.39, 0.29) is 18.2 Å². The van der Waals surface area contributed by atoms with Crippen LogP contribution in [0.2, 0.25) is 5.02 Å². The lowest BCUT2D eigenvalue weighted by Gasteiger charge is -2.09. The van der Waals surface area contributed by atoms with E-state index in [0.29, 0.717) is 16.3 Å². The van der Waals surface area contributed by atoms with Gasteiger partial charge in [-0.2, -0.15) is 13.2 Å². The number of amides is 1. The Morgan fingerprint density at radius 2 is 1.79 bits per heavy atom. The van der Waals surface area contributed by atoms with E-state index >= 15 is 0 Å². The molecule has 0 radical (unpaired) electrons. The molecule has 0 aromatic heterocycles. The van der Waals surface area contributed by atoms with Gasteiger partial charge in [0.2, 0.25) is 5.91 Å². The van der Waals surface area contributed by atoms with Crippen LogP contribution in [0.15, 0.2) is 48.5 Å². The zero-order valence-corrected chi connectivity index (χ0v) is 14.1. The first kappa shape index (κ1) is 18.7. The summed E-state index contributed by atoms with van der Waals surface area (Å²) in [6, 6.07) is 12.3.